The van der Waals surface area contributed by atoms with E-state index >= 15 is 0 Å². The summed E-state index contributed by atoms with van der Waals surface area (Å²) in [4.78, 5) is 20.8. The SMILES string of the molecule is Cc1c(Cl)cccc1NC(=O)CCc1nc(-c2cccnc2)cs1. The van der Waals surface area contributed by atoms with E-state index in [0.717, 1.165) is 27.5 Å². The summed E-state index contributed by atoms with van der Waals surface area (Å²) in [7, 11) is 0. The number of nitrogens with one attached hydrogen (secondary N) is 1. The van der Waals surface area contributed by atoms with Crippen molar-refractivity contribution in [3.8, 4) is 11.3 Å². The molecule has 2 heterocycles. The van der Waals surface area contributed by atoms with Gasteiger partial charge in [0.15, 0.2) is 0 Å². The molecule has 2 aromatic heterocycles. The van der Waals surface area contributed by atoms with Gasteiger partial charge < -0.3 is 5.32 Å². The molecule has 0 saturated heterocycles. The van der Waals surface area contributed by atoms with Crippen LogP contribution >= 0.6 is 22.9 Å². The van der Waals surface area contributed by atoms with Gasteiger partial charge in [0.25, 0.3) is 0 Å². The van der Waals surface area contributed by atoms with E-state index in [1.54, 1.807) is 23.7 Å². The molecular formula is C18H16ClN3OS. The summed E-state index contributed by atoms with van der Waals surface area (Å²) in [6.07, 6.45) is 4.51. The number of anilines is 1. The number of carbonyl (C=O) groups excluding carboxylic acids is 1. The molecule has 0 saturated carbocycles. The van der Waals surface area contributed by atoms with Gasteiger partial charge in [-0.15, -0.1) is 11.3 Å². The number of pyridine rings is 1. The lowest BCUT2D eigenvalue weighted by molar-refractivity contribution is -0.116. The van der Waals surface area contributed by atoms with Gasteiger partial charge in [0.05, 0.1) is 10.7 Å². The van der Waals surface area contributed by atoms with Crippen LogP contribution in [0.15, 0.2) is 48.1 Å². The monoisotopic (exact) mass is 357 g/mol. The first-order valence-electron chi connectivity index (χ1n) is 7.53. The van der Waals surface area contributed by atoms with E-state index in [-0.39, 0.29) is 5.91 Å². The van der Waals surface area contributed by atoms with Crippen molar-refractivity contribution >= 4 is 34.5 Å². The first kappa shape index (κ1) is 16.6. The van der Waals surface area contributed by atoms with Crippen molar-refractivity contribution < 1.29 is 4.79 Å². The minimum atomic E-state index is -0.0431. The second-order valence-corrected chi connectivity index (χ2v) is 6.68. The average molecular weight is 358 g/mol. The number of nitrogens with zero attached hydrogens (tertiary/aromatic N) is 2. The first-order chi connectivity index (χ1) is 11.6. The van der Waals surface area contributed by atoms with Gasteiger partial charge in [-0.3, -0.25) is 9.78 Å². The van der Waals surface area contributed by atoms with Crippen molar-refractivity contribution in [3.63, 3.8) is 0 Å². The standard InChI is InChI=1S/C18H16ClN3OS/c1-12-14(19)5-2-6-15(12)21-17(23)7-8-18-22-16(11-24-18)13-4-3-9-20-10-13/h2-6,9-11H,7-8H2,1H3,(H,21,23). The molecule has 0 spiro atoms. The van der Waals surface area contributed by atoms with Crippen molar-refractivity contribution in [2.24, 2.45) is 0 Å². The molecule has 0 aliphatic carbocycles. The highest BCUT2D eigenvalue weighted by Gasteiger charge is 2.09. The quantitative estimate of drug-likeness (QED) is 0.717. The number of hydrogen-bond acceptors (Lipinski definition) is 4. The largest absolute Gasteiger partial charge is 0.326 e. The van der Waals surface area contributed by atoms with Gasteiger partial charge in [-0.2, -0.15) is 0 Å². The van der Waals surface area contributed by atoms with Crippen molar-refractivity contribution in [2.75, 3.05) is 5.32 Å². The normalized spacial score (nSPS) is 10.6. The number of benzene rings is 1. The molecule has 24 heavy (non-hydrogen) atoms. The summed E-state index contributed by atoms with van der Waals surface area (Å²) in [5, 5.41) is 6.48. The van der Waals surface area contributed by atoms with Crippen molar-refractivity contribution in [2.45, 2.75) is 19.8 Å². The van der Waals surface area contributed by atoms with Crippen LogP contribution in [0.5, 0.6) is 0 Å². The van der Waals surface area contributed by atoms with Gasteiger partial charge >= 0.3 is 0 Å². The van der Waals surface area contributed by atoms with Gasteiger partial charge in [0, 0.05) is 46.9 Å². The highest BCUT2D eigenvalue weighted by molar-refractivity contribution is 7.09. The Morgan fingerprint density at radius 3 is 2.96 bits per heavy atom. The maximum atomic E-state index is 12.1. The lowest BCUT2D eigenvalue weighted by Crippen LogP contribution is -2.13. The summed E-state index contributed by atoms with van der Waals surface area (Å²) in [5.74, 6) is -0.0431. The van der Waals surface area contributed by atoms with E-state index < -0.39 is 0 Å². The number of thiazole rings is 1. The van der Waals surface area contributed by atoms with Crippen LogP contribution in [0.3, 0.4) is 0 Å². The van der Waals surface area contributed by atoms with E-state index in [9.17, 15) is 4.79 Å². The molecule has 3 rings (SSSR count). The van der Waals surface area contributed by atoms with Crippen LogP contribution < -0.4 is 5.32 Å². The van der Waals surface area contributed by atoms with Crippen molar-refractivity contribution in [1.82, 2.24) is 9.97 Å². The molecule has 1 N–H and O–H groups in total. The summed E-state index contributed by atoms with van der Waals surface area (Å²) >= 11 is 7.62. The van der Waals surface area contributed by atoms with E-state index in [2.05, 4.69) is 15.3 Å². The maximum absolute atomic E-state index is 12.1. The van der Waals surface area contributed by atoms with Crippen LogP contribution in [0.2, 0.25) is 5.02 Å². The van der Waals surface area contributed by atoms with Crippen LogP contribution in [-0.2, 0) is 11.2 Å². The second kappa shape index (κ2) is 7.55. The van der Waals surface area contributed by atoms with Crippen molar-refractivity contribution in [3.05, 3.63) is 63.7 Å². The lowest BCUT2D eigenvalue weighted by atomic mass is 10.2. The fourth-order valence-corrected chi connectivity index (χ4v) is 3.23. The summed E-state index contributed by atoms with van der Waals surface area (Å²) in [6, 6.07) is 9.34. The molecule has 1 amide bonds. The number of rotatable bonds is 5. The Labute approximate surface area is 149 Å². The molecule has 0 atom stereocenters. The molecule has 4 nitrogen and oxygen atoms in total. The lowest BCUT2D eigenvalue weighted by Gasteiger charge is -2.08. The molecule has 0 bridgehead atoms. The molecule has 122 valence electrons. The van der Waals surface area contributed by atoms with Gasteiger partial charge in [-0.05, 0) is 36.8 Å². The second-order valence-electron chi connectivity index (χ2n) is 5.33. The topological polar surface area (TPSA) is 54.9 Å². The smallest absolute Gasteiger partial charge is 0.224 e. The van der Waals surface area contributed by atoms with Gasteiger partial charge in [0.2, 0.25) is 5.91 Å². The maximum Gasteiger partial charge on any atom is 0.224 e. The number of hydrogen-bond donors (Lipinski definition) is 1. The Morgan fingerprint density at radius 1 is 1.29 bits per heavy atom. The molecule has 0 aliphatic heterocycles. The first-order valence-corrected chi connectivity index (χ1v) is 8.79. The Balaban J connectivity index is 1.59. The highest BCUT2D eigenvalue weighted by atomic mass is 35.5. The van der Waals surface area contributed by atoms with Crippen LogP contribution in [0.1, 0.15) is 17.0 Å². The highest BCUT2D eigenvalue weighted by Crippen LogP contribution is 2.24. The number of amides is 1. The van der Waals surface area contributed by atoms with E-state index in [4.69, 9.17) is 11.6 Å². The van der Waals surface area contributed by atoms with Gasteiger partial charge in [-0.25, -0.2) is 4.98 Å². The van der Waals surface area contributed by atoms with Crippen molar-refractivity contribution in [1.29, 1.82) is 0 Å². The van der Waals surface area contributed by atoms with E-state index in [0.29, 0.717) is 17.9 Å². The van der Waals surface area contributed by atoms with Crippen LogP contribution in [-0.4, -0.2) is 15.9 Å². The molecule has 0 aliphatic rings. The third-order valence-electron chi connectivity index (χ3n) is 3.62. The van der Waals surface area contributed by atoms with Crippen LogP contribution in [0.25, 0.3) is 11.3 Å². The van der Waals surface area contributed by atoms with Crippen LogP contribution in [0.4, 0.5) is 5.69 Å². The molecule has 0 radical (unpaired) electrons. The van der Waals surface area contributed by atoms with Gasteiger partial charge in [-0.1, -0.05) is 17.7 Å². The van der Waals surface area contributed by atoms with Crippen LogP contribution in [0, 0.1) is 6.92 Å². The molecule has 1 aromatic carbocycles. The minimum absolute atomic E-state index is 0.0431. The Hall–Kier alpha value is -2.24. The summed E-state index contributed by atoms with van der Waals surface area (Å²) in [5.41, 5.74) is 3.51. The fourth-order valence-electron chi connectivity index (χ4n) is 2.25. The zero-order valence-electron chi connectivity index (χ0n) is 13.1. The number of halogens is 1. The number of aryl methyl sites for hydroxylation is 1. The van der Waals surface area contributed by atoms with Gasteiger partial charge in [0.1, 0.15) is 0 Å². The number of carbonyl (C=O) groups is 1. The Bertz CT molecular complexity index is 848. The predicted octanol–water partition coefficient (Wildman–Crippen LogP) is 4.74. The minimum Gasteiger partial charge on any atom is -0.326 e. The molecule has 6 heteroatoms. The number of aromatic nitrogens is 2. The zero-order chi connectivity index (χ0) is 16.9. The zero-order valence-corrected chi connectivity index (χ0v) is 14.7. The third-order valence-corrected chi connectivity index (χ3v) is 4.93. The summed E-state index contributed by atoms with van der Waals surface area (Å²) in [6.45, 7) is 1.89. The van der Waals surface area contributed by atoms with E-state index in [1.165, 1.54) is 0 Å². The fraction of sp³-hybridized carbons (Fsp3) is 0.167. The molecule has 3 aromatic rings. The molecule has 0 fully saturated rings. The predicted molar refractivity (Wildman–Crippen MR) is 98.5 cm³/mol. The summed E-state index contributed by atoms with van der Waals surface area (Å²) < 4.78 is 0. The van der Waals surface area contributed by atoms with E-state index in [1.807, 2.05) is 42.6 Å². The molecular weight excluding hydrogens is 342 g/mol. The Kier molecular flexibility index (Phi) is 5.23. The third kappa shape index (κ3) is 3.99. The average Bonchev–Trinajstić information content (AvgIpc) is 3.07. The Morgan fingerprint density at radius 2 is 2.17 bits per heavy atom. The molecule has 0 unspecified atom stereocenters.